The molecule has 0 aliphatic rings. The van der Waals surface area contributed by atoms with Crippen LogP contribution < -0.4 is 5.32 Å². The third-order valence-corrected chi connectivity index (χ3v) is 3.77. The van der Waals surface area contributed by atoms with Crippen molar-refractivity contribution in [1.29, 1.82) is 5.26 Å². The first kappa shape index (κ1) is 15.7. The van der Waals surface area contributed by atoms with E-state index in [2.05, 4.69) is 5.32 Å². The molecule has 6 heteroatoms. The lowest BCUT2D eigenvalue weighted by Gasteiger charge is -2.06. The van der Waals surface area contributed by atoms with Crippen LogP contribution >= 0.6 is 0 Å². The van der Waals surface area contributed by atoms with Gasteiger partial charge < -0.3 is 5.32 Å². The first-order valence-corrected chi connectivity index (χ1v) is 8.51. The highest BCUT2D eigenvalue weighted by atomic mass is 32.2. The quantitative estimate of drug-likeness (QED) is 0.938. The van der Waals surface area contributed by atoms with Crippen molar-refractivity contribution >= 4 is 21.4 Å². The molecule has 0 saturated carbocycles. The van der Waals surface area contributed by atoms with Crippen molar-refractivity contribution in [2.24, 2.45) is 0 Å². The van der Waals surface area contributed by atoms with E-state index in [1.807, 2.05) is 6.07 Å². The van der Waals surface area contributed by atoms with Crippen LogP contribution in [0.5, 0.6) is 0 Å². The van der Waals surface area contributed by atoms with Crippen LogP contribution in [0.25, 0.3) is 0 Å². The molecule has 2 aromatic rings. The van der Waals surface area contributed by atoms with E-state index in [0.29, 0.717) is 22.4 Å². The molecule has 0 unspecified atom stereocenters. The fourth-order valence-electron chi connectivity index (χ4n) is 1.89. The Bertz CT molecular complexity index is 817. The zero-order chi connectivity index (χ0) is 16.2. The number of nitriles is 1. The summed E-state index contributed by atoms with van der Waals surface area (Å²) in [6.07, 6.45) is 1.17. The molecule has 22 heavy (non-hydrogen) atoms. The van der Waals surface area contributed by atoms with Crippen molar-refractivity contribution in [3.63, 3.8) is 0 Å². The SMILES string of the molecule is CS(=O)(=O)Cc1ccc(C(=O)Nc2ccc(C#N)cc2)cc1. The standard InChI is InChI=1S/C16H14N2O3S/c1-22(20,21)11-13-2-6-14(7-3-13)16(19)18-15-8-4-12(10-17)5-9-15/h2-9H,11H2,1H3,(H,18,19). The van der Waals surface area contributed by atoms with Gasteiger partial charge in [0.1, 0.15) is 0 Å². The summed E-state index contributed by atoms with van der Waals surface area (Å²) in [5.74, 6) is -0.347. The molecule has 2 aromatic carbocycles. The number of hydrogen-bond acceptors (Lipinski definition) is 4. The first-order valence-electron chi connectivity index (χ1n) is 6.45. The van der Waals surface area contributed by atoms with E-state index >= 15 is 0 Å². The van der Waals surface area contributed by atoms with Gasteiger partial charge in [-0.05, 0) is 42.0 Å². The molecule has 0 atom stereocenters. The van der Waals surface area contributed by atoms with Gasteiger partial charge in [0.25, 0.3) is 5.91 Å². The fourth-order valence-corrected chi connectivity index (χ4v) is 2.68. The average Bonchev–Trinajstić information content (AvgIpc) is 2.47. The van der Waals surface area contributed by atoms with Crippen LogP contribution in [0.15, 0.2) is 48.5 Å². The summed E-state index contributed by atoms with van der Waals surface area (Å²) < 4.78 is 22.4. The van der Waals surface area contributed by atoms with Crippen LogP contribution in [-0.2, 0) is 15.6 Å². The number of carbonyl (C=O) groups excluding carboxylic acids is 1. The van der Waals surface area contributed by atoms with Gasteiger partial charge in [0.2, 0.25) is 0 Å². The van der Waals surface area contributed by atoms with E-state index < -0.39 is 9.84 Å². The van der Waals surface area contributed by atoms with Crippen molar-refractivity contribution < 1.29 is 13.2 Å². The van der Waals surface area contributed by atoms with E-state index in [4.69, 9.17) is 5.26 Å². The van der Waals surface area contributed by atoms with Crippen molar-refractivity contribution in [1.82, 2.24) is 0 Å². The Morgan fingerprint density at radius 2 is 1.68 bits per heavy atom. The number of rotatable bonds is 4. The Labute approximate surface area is 129 Å². The van der Waals surface area contributed by atoms with Gasteiger partial charge >= 0.3 is 0 Å². The summed E-state index contributed by atoms with van der Waals surface area (Å²) in [5, 5.41) is 11.4. The maximum absolute atomic E-state index is 12.1. The van der Waals surface area contributed by atoms with E-state index in [0.717, 1.165) is 0 Å². The predicted molar refractivity (Wildman–Crippen MR) is 84.1 cm³/mol. The van der Waals surface area contributed by atoms with Gasteiger partial charge in [0, 0.05) is 17.5 Å². The van der Waals surface area contributed by atoms with Crippen LogP contribution in [0, 0.1) is 11.3 Å². The summed E-state index contributed by atoms with van der Waals surface area (Å²) in [7, 11) is -3.09. The molecule has 0 bridgehead atoms. The lowest BCUT2D eigenvalue weighted by molar-refractivity contribution is 0.102. The number of sulfone groups is 1. The van der Waals surface area contributed by atoms with Crippen molar-refractivity contribution in [3.05, 3.63) is 65.2 Å². The molecule has 2 rings (SSSR count). The lowest BCUT2D eigenvalue weighted by atomic mass is 10.1. The topological polar surface area (TPSA) is 87.0 Å². The van der Waals surface area contributed by atoms with E-state index in [1.165, 1.54) is 6.26 Å². The molecular formula is C16H14N2O3S. The highest BCUT2D eigenvalue weighted by Gasteiger charge is 2.08. The molecule has 0 saturated heterocycles. The van der Waals surface area contributed by atoms with Crippen molar-refractivity contribution in [2.75, 3.05) is 11.6 Å². The summed E-state index contributed by atoms with van der Waals surface area (Å²) in [6.45, 7) is 0. The Balaban J connectivity index is 2.07. The summed E-state index contributed by atoms with van der Waals surface area (Å²) in [4.78, 5) is 12.1. The molecule has 0 aliphatic heterocycles. The van der Waals surface area contributed by atoms with Crippen LogP contribution in [0.3, 0.4) is 0 Å². The number of nitrogens with zero attached hydrogens (tertiary/aromatic N) is 1. The predicted octanol–water partition coefficient (Wildman–Crippen LogP) is 2.36. The average molecular weight is 314 g/mol. The Hall–Kier alpha value is -2.65. The minimum atomic E-state index is -3.09. The number of benzene rings is 2. The maximum atomic E-state index is 12.1. The lowest BCUT2D eigenvalue weighted by Crippen LogP contribution is -2.12. The molecule has 1 amide bonds. The second kappa shape index (κ2) is 6.41. The van der Waals surface area contributed by atoms with Gasteiger partial charge in [-0.25, -0.2) is 8.42 Å². The molecule has 5 nitrogen and oxygen atoms in total. The van der Waals surface area contributed by atoms with Gasteiger partial charge in [0.05, 0.1) is 17.4 Å². The number of nitrogens with one attached hydrogen (secondary N) is 1. The minimum absolute atomic E-state index is 0.0511. The van der Waals surface area contributed by atoms with Crippen LogP contribution in [0.1, 0.15) is 21.5 Å². The highest BCUT2D eigenvalue weighted by molar-refractivity contribution is 7.89. The van der Waals surface area contributed by atoms with Gasteiger partial charge in [-0.15, -0.1) is 0 Å². The monoisotopic (exact) mass is 314 g/mol. The summed E-state index contributed by atoms with van der Waals surface area (Å²) in [6, 6.07) is 14.9. The summed E-state index contributed by atoms with van der Waals surface area (Å²) in [5.41, 5.74) is 2.17. The smallest absolute Gasteiger partial charge is 0.255 e. The molecule has 1 N–H and O–H groups in total. The number of amides is 1. The Kier molecular flexibility index (Phi) is 4.59. The van der Waals surface area contributed by atoms with Crippen LogP contribution in [-0.4, -0.2) is 20.6 Å². The van der Waals surface area contributed by atoms with Gasteiger partial charge in [-0.2, -0.15) is 5.26 Å². The minimum Gasteiger partial charge on any atom is -0.322 e. The molecule has 0 spiro atoms. The maximum Gasteiger partial charge on any atom is 0.255 e. The van der Waals surface area contributed by atoms with Gasteiger partial charge in [0.15, 0.2) is 9.84 Å². The summed E-state index contributed by atoms with van der Waals surface area (Å²) >= 11 is 0. The number of hydrogen-bond donors (Lipinski definition) is 1. The van der Waals surface area contributed by atoms with Gasteiger partial charge in [-0.1, -0.05) is 12.1 Å². The molecular weight excluding hydrogens is 300 g/mol. The molecule has 0 fully saturated rings. The van der Waals surface area contributed by atoms with Gasteiger partial charge in [-0.3, -0.25) is 4.79 Å². The van der Waals surface area contributed by atoms with Crippen LogP contribution in [0.4, 0.5) is 5.69 Å². The Morgan fingerprint density at radius 3 is 2.18 bits per heavy atom. The van der Waals surface area contributed by atoms with Crippen LogP contribution in [0.2, 0.25) is 0 Å². The van der Waals surface area contributed by atoms with Crippen molar-refractivity contribution in [2.45, 2.75) is 5.75 Å². The number of carbonyl (C=O) groups is 1. The van der Waals surface area contributed by atoms with E-state index in [1.54, 1.807) is 48.5 Å². The second-order valence-electron chi connectivity index (χ2n) is 4.91. The molecule has 112 valence electrons. The molecule has 0 aliphatic carbocycles. The Morgan fingerprint density at radius 1 is 1.09 bits per heavy atom. The molecule has 0 aromatic heterocycles. The second-order valence-corrected chi connectivity index (χ2v) is 7.05. The molecule has 0 radical (unpaired) electrons. The molecule has 0 heterocycles. The van der Waals surface area contributed by atoms with Crippen molar-refractivity contribution in [3.8, 4) is 6.07 Å². The third-order valence-electron chi connectivity index (χ3n) is 2.92. The zero-order valence-corrected chi connectivity index (χ0v) is 12.7. The number of anilines is 1. The largest absolute Gasteiger partial charge is 0.322 e. The fraction of sp³-hybridized carbons (Fsp3) is 0.125. The normalized spacial score (nSPS) is 10.7. The highest BCUT2D eigenvalue weighted by Crippen LogP contribution is 2.12. The first-order chi connectivity index (χ1) is 10.4. The zero-order valence-electron chi connectivity index (χ0n) is 11.9. The van der Waals surface area contributed by atoms with E-state index in [-0.39, 0.29) is 11.7 Å². The van der Waals surface area contributed by atoms with E-state index in [9.17, 15) is 13.2 Å². The third kappa shape index (κ3) is 4.43.